The molecule has 0 amide bonds. The standard InChI is InChI=1S/C7H10O5S/c8-6(7(9)10)3-5-1-2-13(11,12)4-5/h5H,1-4H2,(H,9,10). The van der Waals surface area contributed by atoms with Crippen LogP contribution >= 0.6 is 0 Å². The molecule has 5 nitrogen and oxygen atoms in total. The molecule has 74 valence electrons. The highest BCUT2D eigenvalue weighted by atomic mass is 32.2. The Morgan fingerprint density at radius 2 is 2.00 bits per heavy atom. The first kappa shape index (κ1) is 10.2. The maximum atomic E-state index is 10.9. The second-order valence-corrected chi connectivity index (χ2v) is 5.43. The molecule has 1 aliphatic heterocycles. The Labute approximate surface area is 75.7 Å². The van der Waals surface area contributed by atoms with Crippen molar-refractivity contribution in [1.29, 1.82) is 0 Å². The van der Waals surface area contributed by atoms with Crippen LogP contribution < -0.4 is 0 Å². The van der Waals surface area contributed by atoms with Gasteiger partial charge >= 0.3 is 5.97 Å². The third-order valence-electron chi connectivity index (χ3n) is 2.04. The summed E-state index contributed by atoms with van der Waals surface area (Å²) in [6, 6.07) is 0. The molecule has 0 aromatic rings. The van der Waals surface area contributed by atoms with Gasteiger partial charge in [0.2, 0.25) is 5.78 Å². The molecule has 0 saturated carbocycles. The summed E-state index contributed by atoms with van der Waals surface area (Å²) < 4.78 is 21.9. The molecule has 13 heavy (non-hydrogen) atoms. The molecular weight excluding hydrogens is 196 g/mol. The van der Waals surface area contributed by atoms with Crippen LogP contribution in [-0.4, -0.2) is 36.8 Å². The lowest BCUT2D eigenvalue weighted by Gasteiger charge is -2.02. The summed E-state index contributed by atoms with van der Waals surface area (Å²) in [5.74, 6) is -2.66. The van der Waals surface area contributed by atoms with Gasteiger partial charge < -0.3 is 5.11 Å². The summed E-state index contributed by atoms with van der Waals surface area (Å²) >= 11 is 0. The average molecular weight is 206 g/mol. The first-order chi connectivity index (χ1) is 5.91. The summed E-state index contributed by atoms with van der Waals surface area (Å²) in [4.78, 5) is 20.9. The van der Waals surface area contributed by atoms with E-state index >= 15 is 0 Å². The van der Waals surface area contributed by atoms with Gasteiger partial charge in [0.05, 0.1) is 11.5 Å². The smallest absolute Gasteiger partial charge is 0.372 e. The number of carbonyl (C=O) groups excluding carboxylic acids is 1. The van der Waals surface area contributed by atoms with Gasteiger partial charge in [-0.3, -0.25) is 4.79 Å². The van der Waals surface area contributed by atoms with E-state index in [-0.39, 0.29) is 23.8 Å². The minimum atomic E-state index is -3.01. The molecule has 0 radical (unpaired) electrons. The van der Waals surface area contributed by atoms with E-state index in [2.05, 4.69) is 0 Å². The highest BCUT2D eigenvalue weighted by Crippen LogP contribution is 2.21. The first-order valence-electron chi connectivity index (χ1n) is 3.87. The summed E-state index contributed by atoms with van der Waals surface area (Å²) in [6.07, 6.45) is 0.246. The van der Waals surface area contributed by atoms with Crippen molar-refractivity contribution < 1.29 is 23.1 Å². The van der Waals surface area contributed by atoms with Crippen molar-refractivity contribution in [3.8, 4) is 0 Å². The Morgan fingerprint density at radius 3 is 2.38 bits per heavy atom. The van der Waals surface area contributed by atoms with Crippen molar-refractivity contribution in [1.82, 2.24) is 0 Å². The van der Waals surface area contributed by atoms with Crippen LogP contribution in [0.1, 0.15) is 12.8 Å². The van der Waals surface area contributed by atoms with E-state index in [1.165, 1.54) is 0 Å². The summed E-state index contributed by atoms with van der Waals surface area (Å²) in [5.41, 5.74) is 0. The molecule has 1 aliphatic rings. The lowest BCUT2D eigenvalue weighted by molar-refractivity contribution is -0.149. The minimum Gasteiger partial charge on any atom is -0.476 e. The minimum absolute atomic E-state index is 0.0496. The van der Waals surface area contributed by atoms with Crippen LogP contribution in [0.15, 0.2) is 0 Å². The Hall–Kier alpha value is -0.910. The average Bonchev–Trinajstić information content (AvgIpc) is 2.30. The monoisotopic (exact) mass is 206 g/mol. The third-order valence-corrected chi connectivity index (χ3v) is 3.88. The lowest BCUT2D eigenvalue weighted by atomic mass is 10.0. The molecule has 1 saturated heterocycles. The molecule has 1 atom stereocenters. The fraction of sp³-hybridized carbons (Fsp3) is 0.714. The van der Waals surface area contributed by atoms with Crippen LogP contribution in [0.2, 0.25) is 0 Å². The zero-order chi connectivity index (χ0) is 10.1. The van der Waals surface area contributed by atoms with Gasteiger partial charge in [0.1, 0.15) is 0 Å². The molecule has 1 rings (SSSR count). The quantitative estimate of drug-likeness (QED) is 0.627. The number of hydrogen-bond donors (Lipinski definition) is 1. The predicted octanol–water partition coefficient (Wildman–Crippen LogP) is -0.535. The van der Waals surface area contributed by atoms with Gasteiger partial charge in [-0.25, -0.2) is 13.2 Å². The lowest BCUT2D eigenvalue weighted by Crippen LogP contribution is -2.17. The van der Waals surface area contributed by atoms with Crippen molar-refractivity contribution in [3.63, 3.8) is 0 Å². The molecule has 6 heteroatoms. The molecule has 1 heterocycles. The predicted molar refractivity (Wildman–Crippen MR) is 44.0 cm³/mol. The van der Waals surface area contributed by atoms with Gasteiger partial charge in [0.15, 0.2) is 9.84 Å². The van der Waals surface area contributed by atoms with Crippen LogP contribution in [0.5, 0.6) is 0 Å². The number of Topliss-reactive ketones (excluding diaryl/α,β-unsaturated/α-hetero) is 1. The van der Waals surface area contributed by atoms with Gasteiger partial charge in [0.25, 0.3) is 0 Å². The number of sulfone groups is 1. The van der Waals surface area contributed by atoms with Crippen molar-refractivity contribution in [2.24, 2.45) is 5.92 Å². The van der Waals surface area contributed by atoms with Gasteiger partial charge in [0, 0.05) is 6.42 Å². The fourth-order valence-electron chi connectivity index (χ4n) is 1.38. The second kappa shape index (κ2) is 3.45. The topological polar surface area (TPSA) is 88.5 Å². The number of hydrogen-bond acceptors (Lipinski definition) is 4. The summed E-state index contributed by atoms with van der Waals surface area (Å²) in [5, 5.41) is 8.27. The van der Waals surface area contributed by atoms with Crippen molar-refractivity contribution >= 4 is 21.6 Å². The largest absolute Gasteiger partial charge is 0.476 e. The Morgan fingerprint density at radius 1 is 1.38 bits per heavy atom. The number of carboxylic acids is 1. The van der Waals surface area contributed by atoms with E-state index in [9.17, 15) is 18.0 Å². The van der Waals surface area contributed by atoms with Crippen molar-refractivity contribution in [3.05, 3.63) is 0 Å². The molecule has 0 aromatic heterocycles. The highest BCUT2D eigenvalue weighted by molar-refractivity contribution is 7.91. The fourth-order valence-corrected chi connectivity index (χ4v) is 3.24. The third kappa shape index (κ3) is 2.80. The van der Waals surface area contributed by atoms with Crippen molar-refractivity contribution in [2.45, 2.75) is 12.8 Å². The van der Waals surface area contributed by atoms with Crippen LogP contribution in [-0.2, 0) is 19.4 Å². The molecule has 0 aromatic carbocycles. The maximum absolute atomic E-state index is 10.9. The van der Waals surface area contributed by atoms with Gasteiger partial charge in [-0.2, -0.15) is 0 Å². The Kier molecular flexibility index (Phi) is 2.70. The summed E-state index contributed by atoms with van der Waals surface area (Å²) in [7, 11) is -3.01. The van der Waals surface area contributed by atoms with E-state index in [1.54, 1.807) is 0 Å². The normalized spacial score (nSPS) is 25.7. The van der Waals surface area contributed by atoms with Gasteiger partial charge in [-0.15, -0.1) is 0 Å². The van der Waals surface area contributed by atoms with Gasteiger partial charge in [-0.1, -0.05) is 0 Å². The number of carbonyl (C=O) groups is 2. The molecule has 0 spiro atoms. The maximum Gasteiger partial charge on any atom is 0.372 e. The molecule has 1 fully saturated rings. The molecular formula is C7H10O5S. The zero-order valence-corrected chi connectivity index (χ0v) is 7.71. The molecule has 1 unspecified atom stereocenters. The number of ketones is 1. The molecule has 0 bridgehead atoms. The second-order valence-electron chi connectivity index (χ2n) is 3.20. The zero-order valence-electron chi connectivity index (χ0n) is 6.89. The first-order valence-corrected chi connectivity index (χ1v) is 5.69. The Bertz CT molecular complexity index is 329. The van der Waals surface area contributed by atoms with E-state index in [0.29, 0.717) is 6.42 Å². The molecule has 1 N–H and O–H groups in total. The molecule has 0 aliphatic carbocycles. The van der Waals surface area contributed by atoms with Crippen LogP contribution in [0.3, 0.4) is 0 Å². The van der Waals surface area contributed by atoms with E-state index < -0.39 is 21.6 Å². The Balaban J connectivity index is 2.50. The number of aliphatic carboxylic acids is 1. The van der Waals surface area contributed by atoms with Crippen LogP contribution in [0.25, 0.3) is 0 Å². The van der Waals surface area contributed by atoms with E-state index in [1.807, 2.05) is 0 Å². The number of carboxylic acid groups (broad SMARTS) is 1. The number of rotatable bonds is 3. The highest BCUT2D eigenvalue weighted by Gasteiger charge is 2.30. The van der Waals surface area contributed by atoms with E-state index in [4.69, 9.17) is 5.11 Å². The van der Waals surface area contributed by atoms with E-state index in [0.717, 1.165) is 0 Å². The van der Waals surface area contributed by atoms with Gasteiger partial charge in [-0.05, 0) is 12.3 Å². The van der Waals surface area contributed by atoms with Crippen LogP contribution in [0, 0.1) is 5.92 Å². The summed E-state index contributed by atoms with van der Waals surface area (Å²) in [6.45, 7) is 0. The SMILES string of the molecule is O=C(O)C(=O)CC1CCS(=O)(=O)C1. The van der Waals surface area contributed by atoms with Crippen molar-refractivity contribution in [2.75, 3.05) is 11.5 Å². The van der Waals surface area contributed by atoms with Crippen LogP contribution in [0.4, 0.5) is 0 Å².